The van der Waals surface area contributed by atoms with Crippen LogP contribution in [0.25, 0.3) is 0 Å². The zero-order valence-corrected chi connectivity index (χ0v) is 12.2. The molecule has 7 heteroatoms. The van der Waals surface area contributed by atoms with Crippen molar-refractivity contribution in [3.8, 4) is 0 Å². The van der Waals surface area contributed by atoms with E-state index in [1.54, 1.807) is 10.7 Å². The van der Waals surface area contributed by atoms with E-state index in [-0.39, 0.29) is 29.5 Å². The summed E-state index contributed by atoms with van der Waals surface area (Å²) in [5, 5.41) is 7.02. The van der Waals surface area contributed by atoms with Gasteiger partial charge in [0.2, 0.25) is 0 Å². The Kier molecular flexibility index (Phi) is 3.66. The van der Waals surface area contributed by atoms with E-state index < -0.39 is 9.84 Å². The molecule has 1 amide bonds. The lowest BCUT2D eigenvalue weighted by atomic mass is 10.2. The molecule has 0 spiro atoms. The fraction of sp³-hybridized carbons (Fsp3) is 0.667. The Balaban J connectivity index is 2.20. The number of rotatable bonds is 3. The molecule has 1 N–H and O–H groups in total. The van der Waals surface area contributed by atoms with Gasteiger partial charge < -0.3 is 5.32 Å². The Hall–Kier alpha value is -1.37. The van der Waals surface area contributed by atoms with E-state index in [4.69, 9.17) is 0 Å². The van der Waals surface area contributed by atoms with Crippen molar-refractivity contribution >= 4 is 15.7 Å². The van der Waals surface area contributed by atoms with Gasteiger partial charge in [0.25, 0.3) is 5.91 Å². The molecule has 1 fully saturated rings. The third-order valence-electron chi connectivity index (χ3n) is 3.13. The van der Waals surface area contributed by atoms with Crippen LogP contribution < -0.4 is 5.32 Å². The quantitative estimate of drug-likeness (QED) is 0.886. The summed E-state index contributed by atoms with van der Waals surface area (Å²) in [6.45, 7) is 5.60. The SMILES string of the molecule is Cc1cc(C(=O)NC(C)C)nn1C1CCS(=O)(=O)C1. The number of nitrogens with one attached hydrogen (secondary N) is 1. The molecule has 19 heavy (non-hydrogen) atoms. The number of hydrogen-bond donors (Lipinski definition) is 1. The molecule has 6 nitrogen and oxygen atoms in total. The molecule has 1 aromatic rings. The average Bonchev–Trinajstić information content (AvgIpc) is 2.80. The molecule has 0 aliphatic carbocycles. The molecular formula is C12H19N3O3S. The van der Waals surface area contributed by atoms with E-state index in [2.05, 4.69) is 10.4 Å². The van der Waals surface area contributed by atoms with Gasteiger partial charge in [0, 0.05) is 11.7 Å². The van der Waals surface area contributed by atoms with Crippen molar-refractivity contribution < 1.29 is 13.2 Å². The maximum atomic E-state index is 11.9. The van der Waals surface area contributed by atoms with E-state index in [9.17, 15) is 13.2 Å². The lowest BCUT2D eigenvalue weighted by Gasteiger charge is -2.10. The minimum Gasteiger partial charge on any atom is -0.348 e. The van der Waals surface area contributed by atoms with Gasteiger partial charge >= 0.3 is 0 Å². The number of aryl methyl sites for hydroxylation is 1. The van der Waals surface area contributed by atoms with Crippen LogP contribution in [0.3, 0.4) is 0 Å². The van der Waals surface area contributed by atoms with Gasteiger partial charge in [-0.1, -0.05) is 0 Å². The summed E-state index contributed by atoms with van der Waals surface area (Å²) in [5.41, 5.74) is 1.16. The van der Waals surface area contributed by atoms with Gasteiger partial charge in [-0.2, -0.15) is 5.10 Å². The third kappa shape index (κ3) is 3.15. The molecule has 1 aromatic heterocycles. The predicted molar refractivity (Wildman–Crippen MR) is 71.9 cm³/mol. The Bertz CT molecular complexity index is 589. The van der Waals surface area contributed by atoms with Gasteiger partial charge in [0.05, 0.1) is 17.5 Å². The first-order valence-electron chi connectivity index (χ1n) is 6.36. The first-order chi connectivity index (χ1) is 8.78. The van der Waals surface area contributed by atoms with Gasteiger partial charge in [-0.3, -0.25) is 9.48 Å². The van der Waals surface area contributed by atoms with Crippen LogP contribution in [0, 0.1) is 6.92 Å². The Labute approximate surface area is 113 Å². The highest BCUT2D eigenvalue weighted by Gasteiger charge is 2.31. The number of sulfone groups is 1. The Morgan fingerprint density at radius 2 is 2.21 bits per heavy atom. The maximum absolute atomic E-state index is 11.9. The van der Waals surface area contributed by atoms with Crippen LogP contribution >= 0.6 is 0 Å². The number of aromatic nitrogens is 2. The zero-order chi connectivity index (χ0) is 14.2. The van der Waals surface area contributed by atoms with E-state index in [0.29, 0.717) is 12.1 Å². The largest absolute Gasteiger partial charge is 0.348 e. The summed E-state index contributed by atoms with van der Waals surface area (Å²) in [6.07, 6.45) is 0.566. The molecule has 0 radical (unpaired) electrons. The minimum absolute atomic E-state index is 0.0461. The molecular weight excluding hydrogens is 266 g/mol. The Morgan fingerprint density at radius 3 is 2.74 bits per heavy atom. The standard InChI is InChI=1S/C12H19N3O3S/c1-8(2)13-12(16)11-6-9(3)15(14-11)10-4-5-19(17,18)7-10/h6,8,10H,4-5,7H2,1-3H3,(H,13,16). The normalized spacial score (nSPS) is 21.8. The van der Waals surface area contributed by atoms with Crippen LogP contribution in [0.2, 0.25) is 0 Å². The molecule has 1 aliphatic heterocycles. The van der Waals surface area contributed by atoms with Crippen molar-refractivity contribution in [2.75, 3.05) is 11.5 Å². The first kappa shape index (κ1) is 14.0. The van der Waals surface area contributed by atoms with E-state index in [0.717, 1.165) is 5.69 Å². The van der Waals surface area contributed by atoms with Gasteiger partial charge in [0.15, 0.2) is 9.84 Å². The molecule has 1 aliphatic rings. The average molecular weight is 285 g/mol. The Morgan fingerprint density at radius 1 is 1.53 bits per heavy atom. The minimum atomic E-state index is -2.95. The van der Waals surface area contributed by atoms with Crippen LogP contribution in [0.1, 0.15) is 42.5 Å². The van der Waals surface area contributed by atoms with Crippen molar-refractivity contribution in [3.63, 3.8) is 0 Å². The van der Waals surface area contributed by atoms with Gasteiger partial charge in [-0.05, 0) is 33.3 Å². The highest BCUT2D eigenvalue weighted by molar-refractivity contribution is 7.91. The third-order valence-corrected chi connectivity index (χ3v) is 4.88. The van der Waals surface area contributed by atoms with Crippen molar-refractivity contribution in [1.82, 2.24) is 15.1 Å². The first-order valence-corrected chi connectivity index (χ1v) is 8.18. The molecule has 2 rings (SSSR count). The molecule has 1 atom stereocenters. The molecule has 0 aromatic carbocycles. The number of nitrogens with zero attached hydrogens (tertiary/aromatic N) is 2. The summed E-state index contributed by atoms with van der Waals surface area (Å²) in [7, 11) is -2.95. The van der Waals surface area contributed by atoms with Gasteiger partial charge in [-0.25, -0.2) is 8.42 Å². The van der Waals surface area contributed by atoms with E-state index in [1.165, 1.54) is 0 Å². The highest BCUT2D eigenvalue weighted by atomic mass is 32.2. The smallest absolute Gasteiger partial charge is 0.271 e. The highest BCUT2D eigenvalue weighted by Crippen LogP contribution is 2.24. The summed E-state index contributed by atoms with van der Waals surface area (Å²) in [6, 6.07) is 1.60. The summed E-state index contributed by atoms with van der Waals surface area (Å²) < 4.78 is 24.6. The molecule has 1 saturated heterocycles. The molecule has 0 saturated carbocycles. The summed E-state index contributed by atoms with van der Waals surface area (Å²) >= 11 is 0. The van der Waals surface area contributed by atoms with Crippen LogP contribution in [-0.2, 0) is 9.84 Å². The van der Waals surface area contributed by atoms with Crippen molar-refractivity contribution in [2.24, 2.45) is 0 Å². The van der Waals surface area contributed by atoms with Gasteiger partial charge in [-0.15, -0.1) is 0 Å². The lowest BCUT2D eigenvalue weighted by Crippen LogP contribution is -2.30. The summed E-state index contributed by atoms with van der Waals surface area (Å²) in [4.78, 5) is 11.9. The molecule has 2 heterocycles. The fourth-order valence-corrected chi connectivity index (χ4v) is 3.96. The lowest BCUT2D eigenvalue weighted by molar-refractivity contribution is 0.0937. The maximum Gasteiger partial charge on any atom is 0.271 e. The van der Waals surface area contributed by atoms with Crippen LogP contribution in [0.4, 0.5) is 0 Å². The number of hydrogen-bond acceptors (Lipinski definition) is 4. The fourth-order valence-electron chi connectivity index (χ4n) is 2.27. The molecule has 0 bridgehead atoms. The topological polar surface area (TPSA) is 81.1 Å². The second-order valence-electron chi connectivity index (χ2n) is 5.30. The summed E-state index contributed by atoms with van der Waals surface area (Å²) in [5.74, 6) is 0.0864. The second-order valence-corrected chi connectivity index (χ2v) is 7.53. The van der Waals surface area contributed by atoms with Crippen LogP contribution in [-0.4, -0.2) is 41.7 Å². The zero-order valence-electron chi connectivity index (χ0n) is 11.4. The second kappa shape index (κ2) is 4.96. The van der Waals surface area contributed by atoms with Gasteiger partial charge in [0.1, 0.15) is 5.69 Å². The van der Waals surface area contributed by atoms with Crippen molar-refractivity contribution in [1.29, 1.82) is 0 Å². The molecule has 106 valence electrons. The predicted octanol–water partition coefficient (Wildman–Crippen LogP) is 0.689. The number of carbonyl (C=O) groups is 1. The van der Waals surface area contributed by atoms with E-state index in [1.807, 2.05) is 20.8 Å². The monoisotopic (exact) mass is 285 g/mol. The van der Waals surface area contributed by atoms with E-state index >= 15 is 0 Å². The molecule has 1 unspecified atom stereocenters. The number of amides is 1. The van der Waals surface area contributed by atoms with Crippen molar-refractivity contribution in [2.45, 2.75) is 39.3 Å². The van der Waals surface area contributed by atoms with Crippen molar-refractivity contribution in [3.05, 3.63) is 17.5 Å². The van der Waals surface area contributed by atoms with Crippen LogP contribution in [0.15, 0.2) is 6.07 Å². The van der Waals surface area contributed by atoms with Crippen LogP contribution in [0.5, 0.6) is 0 Å². The number of carbonyl (C=O) groups excluding carboxylic acids is 1.